The summed E-state index contributed by atoms with van der Waals surface area (Å²) in [6.07, 6.45) is 0. The Kier molecular flexibility index (Phi) is 3.69. The maximum atomic E-state index is 9.79. The van der Waals surface area contributed by atoms with E-state index in [4.69, 9.17) is 0 Å². The highest BCUT2D eigenvalue weighted by atomic mass is 16.3. The van der Waals surface area contributed by atoms with E-state index in [2.05, 4.69) is 24.1 Å². The summed E-state index contributed by atoms with van der Waals surface area (Å²) >= 11 is 0. The summed E-state index contributed by atoms with van der Waals surface area (Å²) in [5.74, 6) is 0.420. The lowest BCUT2D eigenvalue weighted by Gasteiger charge is -2.28. The van der Waals surface area contributed by atoms with Gasteiger partial charge < -0.3 is 10.4 Å². The molecule has 0 radical (unpaired) electrons. The Morgan fingerprint density at radius 2 is 1.82 bits per heavy atom. The van der Waals surface area contributed by atoms with Crippen LogP contribution in [0.15, 0.2) is 6.07 Å². The molecule has 1 saturated heterocycles. The molecule has 0 aromatic heterocycles. The number of hydrogen-bond donors (Lipinski definition) is 2. The molecule has 0 unspecified atom stereocenters. The fraction of sp³-hybridized carbons (Fsp3) is 0.571. The molecule has 1 aliphatic rings. The van der Waals surface area contributed by atoms with E-state index in [0.717, 1.165) is 38.3 Å². The monoisotopic (exact) mass is 234 g/mol. The molecule has 3 nitrogen and oxygen atoms in total. The van der Waals surface area contributed by atoms with Crippen molar-refractivity contribution in [3.63, 3.8) is 0 Å². The van der Waals surface area contributed by atoms with Crippen molar-refractivity contribution in [3.8, 4) is 5.75 Å². The standard InChI is InChI=1S/C14H22N2O/c1-10-8-14(17)12(3)11(2)13(10)9-16-6-4-15-5-7-16/h8,15,17H,4-7,9H2,1-3H3. The first-order valence-corrected chi connectivity index (χ1v) is 6.31. The fourth-order valence-corrected chi connectivity index (χ4v) is 2.45. The van der Waals surface area contributed by atoms with E-state index in [1.807, 2.05) is 13.0 Å². The number of benzene rings is 1. The highest BCUT2D eigenvalue weighted by Crippen LogP contribution is 2.27. The Balaban J connectivity index is 2.22. The fourth-order valence-electron chi connectivity index (χ4n) is 2.45. The minimum Gasteiger partial charge on any atom is -0.508 e. The lowest BCUT2D eigenvalue weighted by Crippen LogP contribution is -2.43. The highest BCUT2D eigenvalue weighted by Gasteiger charge is 2.15. The van der Waals surface area contributed by atoms with Gasteiger partial charge in [-0.3, -0.25) is 4.90 Å². The van der Waals surface area contributed by atoms with Gasteiger partial charge in [0.1, 0.15) is 5.75 Å². The zero-order chi connectivity index (χ0) is 12.4. The van der Waals surface area contributed by atoms with Gasteiger partial charge in [-0.25, -0.2) is 0 Å². The summed E-state index contributed by atoms with van der Waals surface area (Å²) < 4.78 is 0. The Morgan fingerprint density at radius 3 is 2.47 bits per heavy atom. The molecule has 1 heterocycles. The number of aryl methyl sites for hydroxylation is 1. The molecule has 3 heteroatoms. The van der Waals surface area contributed by atoms with Gasteiger partial charge in [-0.05, 0) is 49.1 Å². The second-order valence-corrected chi connectivity index (χ2v) is 4.97. The van der Waals surface area contributed by atoms with Crippen molar-refractivity contribution < 1.29 is 5.11 Å². The smallest absolute Gasteiger partial charge is 0.119 e. The maximum Gasteiger partial charge on any atom is 0.119 e. The Morgan fingerprint density at radius 1 is 1.18 bits per heavy atom. The molecule has 1 aromatic carbocycles. The van der Waals surface area contributed by atoms with Gasteiger partial charge in [0.05, 0.1) is 0 Å². The normalized spacial score (nSPS) is 17.4. The predicted octanol–water partition coefficient (Wildman–Crippen LogP) is 1.72. The molecule has 1 fully saturated rings. The van der Waals surface area contributed by atoms with Gasteiger partial charge in [0.2, 0.25) is 0 Å². The number of piperazine rings is 1. The lowest BCUT2D eigenvalue weighted by molar-refractivity contribution is 0.232. The van der Waals surface area contributed by atoms with Gasteiger partial charge in [-0.1, -0.05) is 0 Å². The Labute approximate surface area is 103 Å². The highest BCUT2D eigenvalue weighted by molar-refractivity contribution is 5.47. The second-order valence-electron chi connectivity index (χ2n) is 4.97. The summed E-state index contributed by atoms with van der Waals surface area (Å²) in [7, 11) is 0. The van der Waals surface area contributed by atoms with Crippen molar-refractivity contribution >= 4 is 0 Å². The molecule has 2 N–H and O–H groups in total. The summed E-state index contributed by atoms with van der Waals surface area (Å²) in [6.45, 7) is 11.6. The Bertz CT molecular complexity index is 409. The molecule has 94 valence electrons. The second kappa shape index (κ2) is 5.07. The molecule has 0 amide bonds. The molecular formula is C14H22N2O. The van der Waals surface area contributed by atoms with Crippen LogP contribution in [0.4, 0.5) is 0 Å². The van der Waals surface area contributed by atoms with Crippen molar-refractivity contribution in [2.75, 3.05) is 26.2 Å². The van der Waals surface area contributed by atoms with Crippen LogP contribution in [0, 0.1) is 20.8 Å². The van der Waals surface area contributed by atoms with E-state index in [1.165, 1.54) is 16.7 Å². The van der Waals surface area contributed by atoms with Gasteiger partial charge in [0, 0.05) is 32.7 Å². The average molecular weight is 234 g/mol. The number of phenols is 1. The van der Waals surface area contributed by atoms with Crippen LogP contribution in [-0.4, -0.2) is 36.2 Å². The van der Waals surface area contributed by atoms with E-state index in [1.54, 1.807) is 0 Å². The maximum absolute atomic E-state index is 9.79. The van der Waals surface area contributed by atoms with Gasteiger partial charge in [-0.2, -0.15) is 0 Å². The van der Waals surface area contributed by atoms with E-state index < -0.39 is 0 Å². The third kappa shape index (κ3) is 2.61. The molecule has 17 heavy (non-hydrogen) atoms. The lowest BCUT2D eigenvalue weighted by atomic mass is 9.97. The molecule has 0 atom stereocenters. The number of nitrogens with zero attached hydrogens (tertiary/aromatic N) is 1. The molecule has 2 rings (SSSR count). The largest absolute Gasteiger partial charge is 0.508 e. The number of nitrogens with one attached hydrogen (secondary N) is 1. The number of phenolic OH excluding ortho intramolecular Hbond substituents is 1. The van der Waals surface area contributed by atoms with Crippen LogP contribution in [0.3, 0.4) is 0 Å². The van der Waals surface area contributed by atoms with Crippen molar-refractivity contribution in [3.05, 3.63) is 28.3 Å². The summed E-state index contributed by atoms with van der Waals surface area (Å²) in [4.78, 5) is 2.47. The van der Waals surface area contributed by atoms with Crippen LogP contribution in [0.25, 0.3) is 0 Å². The van der Waals surface area contributed by atoms with Crippen LogP contribution in [0.5, 0.6) is 5.75 Å². The van der Waals surface area contributed by atoms with Gasteiger partial charge in [0.25, 0.3) is 0 Å². The SMILES string of the molecule is Cc1cc(O)c(C)c(C)c1CN1CCNCC1. The number of rotatable bonds is 2. The first kappa shape index (κ1) is 12.4. The van der Waals surface area contributed by atoms with E-state index in [-0.39, 0.29) is 0 Å². The zero-order valence-corrected chi connectivity index (χ0v) is 11.0. The predicted molar refractivity (Wildman–Crippen MR) is 70.5 cm³/mol. The molecule has 0 bridgehead atoms. The van der Waals surface area contributed by atoms with Crippen LogP contribution in [0.2, 0.25) is 0 Å². The Hall–Kier alpha value is -1.06. The number of aromatic hydroxyl groups is 1. The van der Waals surface area contributed by atoms with Crippen LogP contribution in [0.1, 0.15) is 22.3 Å². The minimum absolute atomic E-state index is 0.420. The van der Waals surface area contributed by atoms with Gasteiger partial charge in [-0.15, -0.1) is 0 Å². The first-order chi connectivity index (χ1) is 8.09. The van der Waals surface area contributed by atoms with Crippen LogP contribution in [-0.2, 0) is 6.54 Å². The van der Waals surface area contributed by atoms with Crippen molar-refractivity contribution in [2.24, 2.45) is 0 Å². The topological polar surface area (TPSA) is 35.5 Å². The first-order valence-electron chi connectivity index (χ1n) is 6.31. The van der Waals surface area contributed by atoms with Gasteiger partial charge >= 0.3 is 0 Å². The summed E-state index contributed by atoms with van der Waals surface area (Å²) in [6, 6.07) is 1.89. The quantitative estimate of drug-likeness (QED) is 0.818. The molecular weight excluding hydrogens is 212 g/mol. The molecule has 0 spiro atoms. The van der Waals surface area contributed by atoms with Gasteiger partial charge in [0.15, 0.2) is 0 Å². The third-order valence-corrected chi connectivity index (χ3v) is 3.82. The zero-order valence-electron chi connectivity index (χ0n) is 11.0. The van der Waals surface area contributed by atoms with Crippen LogP contribution >= 0.6 is 0 Å². The number of hydrogen-bond acceptors (Lipinski definition) is 3. The van der Waals surface area contributed by atoms with E-state index >= 15 is 0 Å². The van der Waals surface area contributed by atoms with Crippen molar-refractivity contribution in [1.82, 2.24) is 10.2 Å². The third-order valence-electron chi connectivity index (χ3n) is 3.82. The average Bonchev–Trinajstić information content (AvgIpc) is 2.33. The van der Waals surface area contributed by atoms with Crippen LogP contribution < -0.4 is 5.32 Å². The molecule has 1 aromatic rings. The summed E-state index contributed by atoms with van der Waals surface area (Å²) in [5.41, 5.74) is 4.83. The molecule has 0 saturated carbocycles. The summed E-state index contributed by atoms with van der Waals surface area (Å²) in [5, 5.41) is 13.2. The molecule has 0 aliphatic carbocycles. The molecule has 1 aliphatic heterocycles. The van der Waals surface area contributed by atoms with Crippen molar-refractivity contribution in [1.29, 1.82) is 0 Å². The van der Waals surface area contributed by atoms with E-state index in [9.17, 15) is 5.11 Å². The van der Waals surface area contributed by atoms with Crippen molar-refractivity contribution in [2.45, 2.75) is 27.3 Å². The van der Waals surface area contributed by atoms with E-state index in [0.29, 0.717) is 5.75 Å². The minimum atomic E-state index is 0.420.